The van der Waals surface area contributed by atoms with Gasteiger partial charge in [-0.3, -0.25) is 0 Å². The number of rotatable bonds is 10. The van der Waals surface area contributed by atoms with E-state index in [0.29, 0.717) is 0 Å². The first-order valence-electron chi connectivity index (χ1n) is 24.9. The normalized spacial score (nSPS) is 12.3. The number of hydrogen-bond donors (Lipinski definition) is 0. The molecule has 12 aromatic carbocycles. The number of para-hydroxylation sites is 1. The van der Waals surface area contributed by atoms with Crippen LogP contribution in [0, 0.1) is 0 Å². The van der Waals surface area contributed by atoms with Gasteiger partial charge >= 0.3 is 0 Å². The van der Waals surface area contributed by atoms with Crippen molar-refractivity contribution in [3.63, 3.8) is 0 Å². The largest absolute Gasteiger partial charge is 0.310 e. The van der Waals surface area contributed by atoms with Gasteiger partial charge in [0.05, 0.1) is 11.1 Å². The van der Waals surface area contributed by atoms with Crippen LogP contribution in [0.1, 0.15) is 22.3 Å². The molecule has 0 N–H and O–H groups in total. The van der Waals surface area contributed by atoms with E-state index in [2.05, 4.69) is 302 Å². The molecule has 72 heavy (non-hydrogen) atoms. The Hall–Kier alpha value is -9.30. The third-order valence-corrected chi connectivity index (χ3v) is 14.8. The van der Waals surface area contributed by atoms with E-state index in [-0.39, 0.29) is 0 Å². The second-order valence-corrected chi connectivity index (χ2v) is 18.8. The average Bonchev–Trinajstić information content (AvgIpc) is 3.78. The second kappa shape index (κ2) is 18.2. The Balaban J connectivity index is 0.942. The van der Waals surface area contributed by atoms with E-state index >= 15 is 0 Å². The third-order valence-electron chi connectivity index (χ3n) is 14.8. The first kappa shape index (κ1) is 42.8. The predicted octanol–water partition coefficient (Wildman–Crippen LogP) is 19.0. The van der Waals surface area contributed by atoms with E-state index < -0.39 is 5.41 Å². The van der Waals surface area contributed by atoms with Gasteiger partial charge in [0, 0.05) is 16.9 Å². The zero-order chi connectivity index (χ0) is 47.8. The first-order chi connectivity index (χ1) is 35.7. The maximum Gasteiger partial charge on any atom is 0.0713 e. The van der Waals surface area contributed by atoms with Crippen LogP contribution in [0.5, 0.6) is 0 Å². The van der Waals surface area contributed by atoms with Crippen molar-refractivity contribution in [1.29, 1.82) is 0 Å². The van der Waals surface area contributed by atoms with Gasteiger partial charge in [-0.2, -0.15) is 0 Å². The van der Waals surface area contributed by atoms with E-state index in [0.717, 1.165) is 33.8 Å². The summed E-state index contributed by atoms with van der Waals surface area (Å²) in [6, 6.07) is 109. The van der Waals surface area contributed by atoms with Crippen LogP contribution in [0.4, 0.5) is 17.1 Å². The van der Waals surface area contributed by atoms with Crippen LogP contribution in [-0.2, 0) is 5.41 Å². The second-order valence-electron chi connectivity index (χ2n) is 18.8. The van der Waals surface area contributed by atoms with E-state index in [1.807, 2.05) is 0 Å². The number of anilines is 3. The Labute approximate surface area is 422 Å². The molecule has 12 aromatic rings. The molecule has 0 fully saturated rings. The maximum absolute atomic E-state index is 2.43. The maximum atomic E-state index is 2.43. The minimum absolute atomic E-state index is 0.468. The van der Waals surface area contributed by atoms with Crippen molar-refractivity contribution < 1.29 is 0 Å². The van der Waals surface area contributed by atoms with Gasteiger partial charge in [0.1, 0.15) is 0 Å². The fourth-order valence-electron chi connectivity index (χ4n) is 11.4. The Morgan fingerprint density at radius 3 is 1.43 bits per heavy atom. The zero-order valence-corrected chi connectivity index (χ0v) is 39.7. The molecule has 1 heteroatoms. The molecule has 0 aliphatic heterocycles. The van der Waals surface area contributed by atoms with Gasteiger partial charge in [-0.25, -0.2) is 0 Å². The Morgan fingerprint density at radius 1 is 0.236 bits per heavy atom. The number of hydrogen-bond acceptors (Lipinski definition) is 1. The van der Waals surface area contributed by atoms with Gasteiger partial charge < -0.3 is 4.90 Å². The molecule has 0 aromatic heterocycles. The standard InChI is InChI=1S/C71H49N/c1-4-19-50(20-5-1)56-23-16-24-57(47-56)58-25-17-30-63(49-58)72(69-36-15-13-31-64(69)53-40-37-52(38-41-53)59-42-39-51-21-10-11-22-55(51)48-59)62-45-43-54(44-46-62)65-33-18-35-68-70(65)66-32-12-14-34-67(66)71(68,60-26-6-2-7-27-60)61-28-8-3-9-29-61/h1-49H. The number of nitrogens with zero attached hydrogens (tertiary/aromatic N) is 1. The molecule has 0 atom stereocenters. The molecule has 0 radical (unpaired) electrons. The Bertz CT molecular complexity index is 3850. The molecular formula is C71H49N. The van der Waals surface area contributed by atoms with Crippen molar-refractivity contribution in [2.45, 2.75) is 5.41 Å². The molecule has 0 saturated heterocycles. The van der Waals surface area contributed by atoms with Crippen LogP contribution in [-0.4, -0.2) is 0 Å². The number of benzene rings is 12. The summed E-state index contributed by atoms with van der Waals surface area (Å²) in [4.78, 5) is 2.43. The lowest BCUT2D eigenvalue weighted by atomic mass is 9.67. The van der Waals surface area contributed by atoms with E-state index in [9.17, 15) is 0 Å². The van der Waals surface area contributed by atoms with Crippen LogP contribution in [0.15, 0.2) is 297 Å². The molecular weight excluding hydrogens is 867 g/mol. The molecule has 0 heterocycles. The molecule has 0 bridgehead atoms. The molecule has 13 rings (SSSR count). The van der Waals surface area contributed by atoms with E-state index in [1.54, 1.807) is 0 Å². The summed E-state index contributed by atoms with van der Waals surface area (Å²) in [5.41, 5.74) is 22.3. The van der Waals surface area contributed by atoms with Gasteiger partial charge in [0.25, 0.3) is 0 Å². The van der Waals surface area contributed by atoms with Gasteiger partial charge in [-0.1, -0.05) is 255 Å². The average molecular weight is 916 g/mol. The molecule has 1 aliphatic rings. The van der Waals surface area contributed by atoms with Crippen LogP contribution in [0.2, 0.25) is 0 Å². The van der Waals surface area contributed by atoms with Crippen molar-refractivity contribution in [3.8, 4) is 66.8 Å². The number of fused-ring (bicyclic) bond motifs is 4. The van der Waals surface area contributed by atoms with Crippen LogP contribution in [0.25, 0.3) is 77.5 Å². The first-order valence-corrected chi connectivity index (χ1v) is 24.9. The third kappa shape index (κ3) is 7.42. The van der Waals surface area contributed by atoms with Crippen LogP contribution < -0.4 is 4.90 Å². The zero-order valence-electron chi connectivity index (χ0n) is 39.7. The summed E-state index contributed by atoms with van der Waals surface area (Å²) < 4.78 is 0. The van der Waals surface area contributed by atoms with Crippen molar-refractivity contribution in [3.05, 3.63) is 320 Å². The molecule has 1 aliphatic carbocycles. The van der Waals surface area contributed by atoms with Crippen LogP contribution in [0.3, 0.4) is 0 Å². The molecule has 1 nitrogen and oxygen atoms in total. The highest BCUT2D eigenvalue weighted by atomic mass is 15.1. The van der Waals surface area contributed by atoms with Crippen molar-refractivity contribution >= 4 is 27.8 Å². The molecule has 0 saturated carbocycles. The summed E-state index contributed by atoms with van der Waals surface area (Å²) in [6.07, 6.45) is 0. The Kier molecular flexibility index (Phi) is 10.8. The summed E-state index contributed by atoms with van der Waals surface area (Å²) >= 11 is 0. The quantitative estimate of drug-likeness (QED) is 0.132. The SMILES string of the molecule is c1ccc(-c2cccc(-c3cccc(N(c4ccc(-c5cccc6c5-c5ccccc5C6(c5ccccc5)c5ccccc5)cc4)c4ccccc4-c4ccc(-c5ccc6ccccc6c5)cc4)c3)c2)cc1. The van der Waals surface area contributed by atoms with Gasteiger partial charge in [-0.15, -0.1) is 0 Å². The van der Waals surface area contributed by atoms with Crippen molar-refractivity contribution in [1.82, 2.24) is 0 Å². The highest BCUT2D eigenvalue weighted by Crippen LogP contribution is 2.58. The fourth-order valence-corrected chi connectivity index (χ4v) is 11.4. The fraction of sp³-hybridized carbons (Fsp3) is 0.0141. The molecule has 0 amide bonds. The lowest BCUT2D eigenvalue weighted by molar-refractivity contribution is 0.768. The van der Waals surface area contributed by atoms with E-state index in [4.69, 9.17) is 0 Å². The highest BCUT2D eigenvalue weighted by molar-refractivity contribution is 5.97. The lowest BCUT2D eigenvalue weighted by Crippen LogP contribution is -2.28. The van der Waals surface area contributed by atoms with Crippen LogP contribution >= 0.6 is 0 Å². The molecule has 0 spiro atoms. The summed E-state index contributed by atoms with van der Waals surface area (Å²) in [5, 5.41) is 2.49. The minimum Gasteiger partial charge on any atom is -0.310 e. The molecule has 0 unspecified atom stereocenters. The minimum atomic E-state index is -0.468. The highest BCUT2D eigenvalue weighted by Gasteiger charge is 2.46. The van der Waals surface area contributed by atoms with Gasteiger partial charge in [-0.05, 0) is 137 Å². The summed E-state index contributed by atoms with van der Waals surface area (Å²) in [5.74, 6) is 0. The lowest BCUT2D eigenvalue weighted by Gasteiger charge is -2.34. The topological polar surface area (TPSA) is 3.24 Å². The molecule has 338 valence electrons. The summed E-state index contributed by atoms with van der Waals surface area (Å²) in [6.45, 7) is 0. The predicted molar refractivity (Wildman–Crippen MR) is 303 cm³/mol. The monoisotopic (exact) mass is 915 g/mol. The van der Waals surface area contributed by atoms with Crippen molar-refractivity contribution in [2.75, 3.05) is 4.90 Å². The summed E-state index contributed by atoms with van der Waals surface area (Å²) in [7, 11) is 0. The smallest absolute Gasteiger partial charge is 0.0713 e. The van der Waals surface area contributed by atoms with E-state index in [1.165, 1.54) is 83.1 Å². The van der Waals surface area contributed by atoms with Crippen molar-refractivity contribution in [2.24, 2.45) is 0 Å². The van der Waals surface area contributed by atoms with Gasteiger partial charge in [0.2, 0.25) is 0 Å². The Morgan fingerprint density at radius 2 is 0.694 bits per heavy atom. The van der Waals surface area contributed by atoms with Gasteiger partial charge in [0.15, 0.2) is 0 Å².